The number of hydrogen-bond acceptors (Lipinski definition) is 5. The fraction of sp³-hybridized carbons (Fsp3) is 0.200. The summed E-state index contributed by atoms with van der Waals surface area (Å²) in [5.74, 6) is -0.153. The van der Waals surface area contributed by atoms with Gasteiger partial charge >= 0.3 is 5.97 Å². The largest absolute Gasteiger partial charge is 0.418 e. The van der Waals surface area contributed by atoms with Crippen molar-refractivity contribution in [2.75, 3.05) is 0 Å². The lowest BCUT2D eigenvalue weighted by atomic mass is 10.2. The van der Waals surface area contributed by atoms with Crippen LogP contribution in [0.1, 0.15) is 23.0 Å². The highest BCUT2D eigenvalue weighted by Crippen LogP contribution is 2.10. The van der Waals surface area contributed by atoms with Gasteiger partial charge in [0.1, 0.15) is 0 Å². The smallest absolute Gasteiger partial charge is 0.366 e. The van der Waals surface area contributed by atoms with E-state index in [0.29, 0.717) is 18.8 Å². The number of aryl methyl sites for hydroxylation is 1. The van der Waals surface area contributed by atoms with Crippen LogP contribution < -0.4 is 4.74 Å². The molecular weight excluding hydrogens is 282 g/mol. The number of esters is 1. The van der Waals surface area contributed by atoms with Gasteiger partial charge in [0, 0.05) is 6.54 Å². The minimum absolute atomic E-state index is 0.167. The summed E-state index contributed by atoms with van der Waals surface area (Å²) < 4.78 is 8.48. The summed E-state index contributed by atoms with van der Waals surface area (Å²) in [5, 5.41) is 11.8. The number of carbonyl (C=O) groups is 1. The SMILES string of the molecule is CCn1cc(OC(=O)c2cn(Cc3ccccc3)nn2)cn1. The normalized spacial score (nSPS) is 10.6. The van der Waals surface area contributed by atoms with Crippen molar-refractivity contribution in [3.8, 4) is 5.75 Å². The zero-order chi connectivity index (χ0) is 15.4. The summed E-state index contributed by atoms with van der Waals surface area (Å²) in [6.45, 7) is 3.22. The van der Waals surface area contributed by atoms with Crippen LogP contribution in [-0.4, -0.2) is 30.7 Å². The standard InChI is InChI=1S/C15H15N5O2/c1-2-19-10-13(8-16-19)22-15(21)14-11-20(18-17-14)9-12-6-4-3-5-7-12/h3-8,10-11H,2,9H2,1H3. The zero-order valence-electron chi connectivity index (χ0n) is 12.1. The third-order valence-corrected chi connectivity index (χ3v) is 3.08. The molecule has 0 aliphatic rings. The van der Waals surface area contributed by atoms with E-state index in [1.165, 1.54) is 6.20 Å². The average Bonchev–Trinajstić information content (AvgIpc) is 3.17. The van der Waals surface area contributed by atoms with E-state index in [0.717, 1.165) is 5.56 Å². The molecule has 0 spiro atoms. The Morgan fingerprint density at radius 2 is 2.00 bits per heavy atom. The molecule has 0 unspecified atom stereocenters. The van der Waals surface area contributed by atoms with E-state index in [9.17, 15) is 4.79 Å². The van der Waals surface area contributed by atoms with Crippen LogP contribution in [0.2, 0.25) is 0 Å². The van der Waals surface area contributed by atoms with Crippen molar-refractivity contribution in [3.63, 3.8) is 0 Å². The molecule has 1 aromatic carbocycles. The van der Waals surface area contributed by atoms with Crippen molar-refractivity contribution in [1.82, 2.24) is 24.8 Å². The summed E-state index contributed by atoms with van der Waals surface area (Å²) in [5.41, 5.74) is 1.25. The molecular formula is C15H15N5O2. The monoisotopic (exact) mass is 297 g/mol. The molecule has 0 fully saturated rings. The molecule has 0 aliphatic carbocycles. The number of hydrogen-bond donors (Lipinski definition) is 0. The quantitative estimate of drug-likeness (QED) is 0.671. The molecule has 112 valence electrons. The summed E-state index contributed by atoms with van der Waals surface area (Å²) in [4.78, 5) is 12.0. The van der Waals surface area contributed by atoms with Crippen LogP contribution in [0.4, 0.5) is 0 Å². The van der Waals surface area contributed by atoms with E-state index in [-0.39, 0.29) is 5.69 Å². The number of aromatic nitrogens is 5. The molecule has 3 rings (SSSR count). The average molecular weight is 297 g/mol. The first-order valence-corrected chi connectivity index (χ1v) is 6.93. The van der Waals surface area contributed by atoms with Gasteiger partial charge in [0.05, 0.1) is 25.1 Å². The van der Waals surface area contributed by atoms with Crippen LogP contribution >= 0.6 is 0 Å². The van der Waals surface area contributed by atoms with E-state index >= 15 is 0 Å². The van der Waals surface area contributed by atoms with Gasteiger partial charge in [-0.15, -0.1) is 5.10 Å². The molecule has 22 heavy (non-hydrogen) atoms. The first-order chi connectivity index (χ1) is 10.7. The summed E-state index contributed by atoms with van der Waals surface area (Å²) in [7, 11) is 0. The summed E-state index contributed by atoms with van der Waals surface area (Å²) in [6.07, 6.45) is 4.72. The Morgan fingerprint density at radius 1 is 1.18 bits per heavy atom. The van der Waals surface area contributed by atoms with Crippen LogP contribution in [0.15, 0.2) is 48.9 Å². The molecule has 0 N–H and O–H groups in total. The number of rotatable bonds is 5. The molecule has 7 heteroatoms. The van der Waals surface area contributed by atoms with Crippen LogP contribution in [0.25, 0.3) is 0 Å². The van der Waals surface area contributed by atoms with Crippen molar-refractivity contribution in [2.24, 2.45) is 0 Å². The third kappa shape index (κ3) is 3.20. The maximum absolute atomic E-state index is 12.0. The molecule has 0 atom stereocenters. The van der Waals surface area contributed by atoms with Crippen molar-refractivity contribution < 1.29 is 9.53 Å². The number of nitrogens with zero attached hydrogens (tertiary/aromatic N) is 5. The van der Waals surface area contributed by atoms with E-state index in [2.05, 4.69) is 15.4 Å². The Balaban J connectivity index is 1.66. The van der Waals surface area contributed by atoms with Gasteiger partial charge in [-0.1, -0.05) is 35.5 Å². The van der Waals surface area contributed by atoms with E-state index in [1.54, 1.807) is 21.8 Å². The van der Waals surface area contributed by atoms with Crippen LogP contribution in [0.3, 0.4) is 0 Å². The number of benzene rings is 1. The third-order valence-electron chi connectivity index (χ3n) is 3.08. The molecule has 2 heterocycles. The second kappa shape index (κ2) is 6.21. The van der Waals surface area contributed by atoms with Gasteiger partial charge in [0.15, 0.2) is 11.4 Å². The maximum atomic E-state index is 12.0. The van der Waals surface area contributed by atoms with Crippen LogP contribution in [0, 0.1) is 0 Å². The Kier molecular flexibility index (Phi) is 3.95. The Labute approximate surface area is 127 Å². The van der Waals surface area contributed by atoms with Gasteiger partial charge < -0.3 is 4.74 Å². The van der Waals surface area contributed by atoms with Crippen LogP contribution in [0.5, 0.6) is 5.75 Å². The lowest BCUT2D eigenvalue weighted by Crippen LogP contribution is -2.08. The van der Waals surface area contributed by atoms with Gasteiger partial charge in [-0.25, -0.2) is 9.48 Å². The van der Waals surface area contributed by atoms with Gasteiger partial charge in [-0.05, 0) is 12.5 Å². The Morgan fingerprint density at radius 3 is 2.73 bits per heavy atom. The first-order valence-electron chi connectivity index (χ1n) is 6.93. The minimum Gasteiger partial charge on any atom is -0.418 e. The van der Waals surface area contributed by atoms with Crippen molar-refractivity contribution >= 4 is 5.97 Å². The van der Waals surface area contributed by atoms with E-state index < -0.39 is 5.97 Å². The fourth-order valence-corrected chi connectivity index (χ4v) is 1.97. The fourth-order valence-electron chi connectivity index (χ4n) is 1.97. The van der Waals surface area contributed by atoms with Crippen molar-refractivity contribution in [1.29, 1.82) is 0 Å². The van der Waals surface area contributed by atoms with Gasteiger partial charge in [0.2, 0.25) is 0 Å². The lowest BCUT2D eigenvalue weighted by molar-refractivity contribution is 0.0728. The van der Waals surface area contributed by atoms with E-state index in [1.807, 2.05) is 37.3 Å². The summed E-state index contributed by atoms with van der Waals surface area (Å²) >= 11 is 0. The van der Waals surface area contributed by atoms with Crippen molar-refractivity contribution in [3.05, 3.63) is 60.2 Å². The van der Waals surface area contributed by atoms with Gasteiger partial charge in [0.25, 0.3) is 0 Å². The number of carbonyl (C=O) groups excluding carboxylic acids is 1. The topological polar surface area (TPSA) is 74.8 Å². The van der Waals surface area contributed by atoms with Crippen molar-refractivity contribution in [2.45, 2.75) is 20.0 Å². The molecule has 0 amide bonds. The minimum atomic E-state index is -0.546. The Bertz CT molecular complexity index is 763. The second-order valence-corrected chi connectivity index (χ2v) is 4.71. The number of ether oxygens (including phenoxy) is 1. The molecule has 2 aromatic heterocycles. The molecule has 3 aromatic rings. The maximum Gasteiger partial charge on any atom is 0.366 e. The Hall–Kier alpha value is -2.96. The highest BCUT2D eigenvalue weighted by atomic mass is 16.5. The molecule has 7 nitrogen and oxygen atoms in total. The highest BCUT2D eigenvalue weighted by molar-refractivity contribution is 5.88. The predicted octanol–water partition coefficient (Wildman–Crippen LogP) is 1.76. The van der Waals surface area contributed by atoms with Gasteiger partial charge in [-0.2, -0.15) is 5.10 Å². The van der Waals surface area contributed by atoms with Gasteiger partial charge in [-0.3, -0.25) is 4.68 Å². The lowest BCUT2D eigenvalue weighted by Gasteiger charge is -1.99. The summed E-state index contributed by atoms with van der Waals surface area (Å²) in [6, 6.07) is 9.82. The first kappa shape index (κ1) is 14.0. The predicted molar refractivity (Wildman–Crippen MR) is 78.4 cm³/mol. The van der Waals surface area contributed by atoms with E-state index in [4.69, 9.17) is 4.74 Å². The molecule has 0 aliphatic heterocycles. The second-order valence-electron chi connectivity index (χ2n) is 4.71. The molecule has 0 saturated carbocycles. The molecule has 0 bridgehead atoms. The van der Waals surface area contributed by atoms with Crippen LogP contribution in [-0.2, 0) is 13.1 Å². The molecule has 0 saturated heterocycles. The highest BCUT2D eigenvalue weighted by Gasteiger charge is 2.14. The molecule has 0 radical (unpaired) electrons. The zero-order valence-corrected chi connectivity index (χ0v) is 12.1.